The van der Waals surface area contributed by atoms with Gasteiger partial charge in [-0.1, -0.05) is 11.6 Å². The second-order valence-electron chi connectivity index (χ2n) is 7.00. The Bertz CT molecular complexity index is 921. The molecule has 0 aromatic carbocycles. The summed E-state index contributed by atoms with van der Waals surface area (Å²) >= 11 is 6.05. The third-order valence-corrected chi connectivity index (χ3v) is 5.39. The number of rotatable bonds is 3. The topological polar surface area (TPSA) is 38.4 Å². The van der Waals surface area contributed by atoms with Crippen molar-refractivity contribution < 1.29 is 0 Å². The summed E-state index contributed by atoms with van der Waals surface area (Å²) in [5, 5.41) is 0.732. The molecule has 3 aromatic rings. The molecule has 1 aliphatic heterocycles. The van der Waals surface area contributed by atoms with Gasteiger partial charge in [-0.2, -0.15) is 0 Å². The van der Waals surface area contributed by atoms with Crippen molar-refractivity contribution in [3.05, 3.63) is 52.5 Å². The Morgan fingerprint density at radius 1 is 1.21 bits per heavy atom. The molecule has 0 radical (unpaired) electrons. The molecule has 0 N–H and O–H groups in total. The molecule has 0 amide bonds. The van der Waals surface area contributed by atoms with Gasteiger partial charge in [-0.3, -0.25) is 4.90 Å². The number of fused-ring (bicyclic) bond motifs is 2. The van der Waals surface area contributed by atoms with Crippen LogP contribution >= 0.6 is 11.6 Å². The van der Waals surface area contributed by atoms with E-state index in [4.69, 9.17) is 21.6 Å². The van der Waals surface area contributed by atoms with Crippen LogP contribution in [0.25, 0.3) is 5.65 Å². The van der Waals surface area contributed by atoms with Gasteiger partial charge in [0, 0.05) is 57.1 Å². The summed E-state index contributed by atoms with van der Waals surface area (Å²) in [5.74, 6) is 2.00. The predicted octanol–water partition coefficient (Wildman–Crippen LogP) is 3.16. The zero-order valence-electron chi connectivity index (χ0n) is 13.7. The highest BCUT2D eigenvalue weighted by molar-refractivity contribution is 6.30. The summed E-state index contributed by atoms with van der Waals surface area (Å²) < 4.78 is 4.34. The lowest BCUT2D eigenvalue weighted by molar-refractivity contribution is 0.237. The molecule has 3 aromatic heterocycles. The highest BCUT2D eigenvalue weighted by atomic mass is 35.5. The molecule has 4 heterocycles. The Labute approximate surface area is 145 Å². The van der Waals surface area contributed by atoms with Gasteiger partial charge in [0.25, 0.3) is 0 Å². The van der Waals surface area contributed by atoms with Crippen LogP contribution in [0.15, 0.2) is 24.5 Å². The number of hydrogen-bond donors (Lipinski definition) is 0. The lowest BCUT2D eigenvalue weighted by atomic mass is 10.1. The zero-order valence-corrected chi connectivity index (χ0v) is 14.5. The van der Waals surface area contributed by atoms with E-state index in [0.717, 1.165) is 42.4 Å². The molecule has 0 unspecified atom stereocenters. The summed E-state index contributed by atoms with van der Waals surface area (Å²) in [5.41, 5.74) is 4.72. The van der Waals surface area contributed by atoms with Crippen LogP contribution in [0.4, 0.5) is 0 Å². The van der Waals surface area contributed by atoms with Gasteiger partial charge < -0.3 is 8.97 Å². The molecule has 5 rings (SSSR count). The fraction of sp³-hybridized carbons (Fsp3) is 0.444. The van der Waals surface area contributed by atoms with Crippen LogP contribution < -0.4 is 0 Å². The third kappa shape index (κ3) is 2.43. The van der Waals surface area contributed by atoms with Crippen LogP contribution in [0.2, 0.25) is 5.02 Å². The third-order valence-electron chi connectivity index (χ3n) is 5.16. The number of nitrogens with zero attached hydrogens (tertiary/aromatic N) is 5. The second-order valence-corrected chi connectivity index (χ2v) is 7.44. The molecule has 24 heavy (non-hydrogen) atoms. The summed E-state index contributed by atoms with van der Waals surface area (Å²) in [4.78, 5) is 12.1. The largest absolute Gasteiger partial charge is 0.335 e. The van der Waals surface area contributed by atoms with Crippen molar-refractivity contribution in [2.75, 3.05) is 6.54 Å². The average molecular weight is 342 g/mol. The van der Waals surface area contributed by atoms with Crippen LogP contribution in [0.3, 0.4) is 0 Å². The van der Waals surface area contributed by atoms with Gasteiger partial charge in [0.1, 0.15) is 11.5 Å². The molecule has 1 aliphatic carbocycles. The van der Waals surface area contributed by atoms with Crippen LogP contribution in [0, 0.1) is 0 Å². The van der Waals surface area contributed by atoms with Gasteiger partial charge in [-0.05, 0) is 25.0 Å². The van der Waals surface area contributed by atoms with E-state index in [9.17, 15) is 0 Å². The molecule has 0 spiro atoms. The van der Waals surface area contributed by atoms with E-state index < -0.39 is 0 Å². The summed E-state index contributed by atoms with van der Waals surface area (Å²) in [6, 6.07) is 3.84. The maximum absolute atomic E-state index is 6.05. The highest BCUT2D eigenvalue weighted by Gasteiger charge is 2.31. The second kappa shape index (κ2) is 5.33. The molecule has 1 fully saturated rings. The lowest BCUT2D eigenvalue weighted by Crippen LogP contribution is -2.30. The summed E-state index contributed by atoms with van der Waals surface area (Å²) in [6.45, 7) is 2.84. The minimum absolute atomic E-state index is 0.706. The maximum atomic E-state index is 6.05. The standard InChI is InChI=1S/C18H20ClN5/c1-22-16-6-7-23(11-15(16)21-18(22)12-2-3-12)9-14-10-24-8-13(19)4-5-17(24)20-14/h4-5,8,10,12H,2-3,6-7,9,11H2,1H3. The lowest BCUT2D eigenvalue weighted by Gasteiger charge is -2.25. The minimum Gasteiger partial charge on any atom is -0.335 e. The zero-order chi connectivity index (χ0) is 16.3. The highest BCUT2D eigenvalue weighted by Crippen LogP contribution is 2.40. The van der Waals surface area contributed by atoms with Crippen molar-refractivity contribution in [3.63, 3.8) is 0 Å². The summed E-state index contributed by atoms with van der Waals surface area (Å²) in [7, 11) is 2.18. The Hall–Kier alpha value is -1.85. The van der Waals surface area contributed by atoms with Crippen LogP contribution in [-0.4, -0.2) is 30.4 Å². The Kier molecular flexibility index (Phi) is 3.22. The number of imidazole rings is 2. The molecule has 0 bridgehead atoms. The normalized spacial score (nSPS) is 18.2. The molecule has 124 valence electrons. The average Bonchev–Trinajstić information content (AvgIpc) is 3.25. The number of hydrogen-bond acceptors (Lipinski definition) is 3. The van der Waals surface area contributed by atoms with Gasteiger partial charge in [0.15, 0.2) is 0 Å². The fourth-order valence-electron chi connectivity index (χ4n) is 3.77. The van der Waals surface area contributed by atoms with Gasteiger partial charge in [-0.25, -0.2) is 9.97 Å². The number of aromatic nitrogens is 4. The molecule has 5 nitrogen and oxygen atoms in total. The molecular formula is C18H20ClN5. The first-order valence-corrected chi connectivity index (χ1v) is 8.95. The van der Waals surface area contributed by atoms with E-state index in [-0.39, 0.29) is 0 Å². The van der Waals surface area contributed by atoms with E-state index in [0.29, 0.717) is 5.92 Å². The van der Waals surface area contributed by atoms with E-state index in [1.165, 1.54) is 30.1 Å². The van der Waals surface area contributed by atoms with Crippen molar-refractivity contribution in [1.29, 1.82) is 0 Å². The van der Waals surface area contributed by atoms with Crippen LogP contribution in [-0.2, 0) is 26.6 Å². The number of halogens is 1. The predicted molar refractivity (Wildman–Crippen MR) is 93.2 cm³/mol. The van der Waals surface area contributed by atoms with Crippen molar-refractivity contribution in [3.8, 4) is 0 Å². The Balaban J connectivity index is 1.37. The molecule has 0 atom stereocenters. The quantitative estimate of drug-likeness (QED) is 0.734. The molecule has 6 heteroatoms. The number of pyridine rings is 1. The molecule has 2 aliphatic rings. The molecular weight excluding hydrogens is 322 g/mol. The maximum Gasteiger partial charge on any atom is 0.137 e. The van der Waals surface area contributed by atoms with Gasteiger partial charge in [0.05, 0.1) is 16.4 Å². The Morgan fingerprint density at radius 2 is 2.08 bits per heavy atom. The van der Waals surface area contributed by atoms with Gasteiger partial charge >= 0.3 is 0 Å². The first kappa shape index (κ1) is 14.5. The summed E-state index contributed by atoms with van der Waals surface area (Å²) in [6.07, 6.45) is 7.66. The van der Waals surface area contributed by atoms with E-state index in [1.807, 2.05) is 22.7 Å². The first-order valence-electron chi connectivity index (χ1n) is 8.57. The monoisotopic (exact) mass is 341 g/mol. The fourth-order valence-corrected chi connectivity index (χ4v) is 3.94. The molecule has 0 saturated heterocycles. The van der Waals surface area contributed by atoms with Crippen LogP contribution in [0.5, 0.6) is 0 Å². The van der Waals surface area contributed by atoms with Crippen molar-refractivity contribution in [2.45, 2.75) is 38.3 Å². The molecule has 1 saturated carbocycles. The van der Waals surface area contributed by atoms with E-state index in [1.54, 1.807) is 0 Å². The van der Waals surface area contributed by atoms with Crippen molar-refractivity contribution >= 4 is 17.2 Å². The van der Waals surface area contributed by atoms with Crippen molar-refractivity contribution in [2.24, 2.45) is 7.05 Å². The van der Waals surface area contributed by atoms with Crippen LogP contribution in [0.1, 0.15) is 41.7 Å². The smallest absolute Gasteiger partial charge is 0.137 e. The van der Waals surface area contributed by atoms with Crippen molar-refractivity contribution in [1.82, 2.24) is 23.8 Å². The van der Waals surface area contributed by atoms with E-state index in [2.05, 4.69) is 22.7 Å². The Morgan fingerprint density at radius 3 is 2.92 bits per heavy atom. The first-order chi connectivity index (χ1) is 11.7. The SMILES string of the molecule is Cn1c(C2CC2)nc2c1CCN(Cc1cn3cc(Cl)ccc3n1)C2. The van der Waals surface area contributed by atoms with Gasteiger partial charge in [0.2, 0.25) is 0 Å². The van der Waals surface area contributed by atoms with E-state index >= 15 is 0 Å². The minimum atomic E-state index is 0.706. The van der Waals surface area contributed by atoms with Gasteiger partial charge in [-0.15, -0.1) is 0 Å².